The van der Waals surface area contributed by atoms with E-state index >= 15 is 0 Å². The van der Waals surface area contributed by atoms with Gasteiger partial charge in [0.25, 0.3) is 11.6 Å². The first-order valence-corrected chi connectivity index (χ1v) is 10.5. The van der Waals surface area contributed by atoms with Gasteiger partial charge in [-0.1, -0.05) is 19.9 Å². The number of esters is 1. The van der Waals surface area contributed by atoms with E-state index in [0.29, 0.717) is 35.1 Å². The van der Waals surface area contributed by atoms with E-state index in [-0.39, 0.29) is 11.3 Å². The lowest BCUT2D eigenvalue weighted by atomic mass is 9.88. The molecular weight excluding hydrogens is 392 g/mol. The minimum absolute atomic E-state index is 0.112. The van der Waals surface area contributed by atoms with Crippen LogP contribution < -0.4 is 5.32 Å². The number of hydrogen-bond acceptors (Lipinski definition) is 6. The summed E-state index contributed by atoms with van der Waals surface area (Å²) in [4.78, 5) is 37.4. The summed E-state index contributed by atoms with van der Waals surface area (Å²) in [6.45, 7) is 5.95. The van der Waals surface area contributed by atoms with Gasteiger partial charge in [-0.05, 0) is 50.2 Å². The largest absolute Gasteiger partial charge is 0.462 e. The zero-order valence-electron chi connectivity index (χ0n) is 16.7. The lowest BCUT2D eigenvalue weighted by Gasteiger charge is -2.18. The highest BCUT2D eigenvalue weighted by atomic mass is 32.1. The molecule has 0 saturated heterocycles. The number of amides is 1. The maximum atomic E-state index is 12.9. The third kappa shape index (κ3) is 4.32. The highest BCUT2D eigenvalue weighted by Crippen LogP contribution is 2.40. The number of ether oxygens (including phenoxy) is 1. The number of anilines is 1. The molecule has 1 aromatic carbocycles. The van der Waals surface area contributed by atoms with Crippen LogP contribution in [0.5, 0.6) is 0 Å². The summed E-state index contributed by atoms with van der Waals surface area (Å²) < 4.78 is 5.36. The van der Waals surface area contributed by atoms with Gasteiger partial charge in [-0.2, -0.15) is 0 Å². The van der Waals surface area contributed by atoms with Crippen molar-refractivity contribution in [3.63, 3.8) is 0 Å². The van der Waals surface area contributed by atoms with Crippen LogP contribution in [-0.4, -0.2) is 23.4 Å². The standard InChI is InChI=1S/C21H24N2O5S/c1-4-10-28-21(25)18-15-9-8-12(2)11-17(15)29-20(18)22-19(24)14-6-5-7-16(13(14)3)23(26)27/h5-7,12H,4,8-11H2,1-3H3,(H,22,24)/t12-/m0/s1. The first-order chi connectivity index (χ1) is 13.8. The van der Waals surface area contributed by atoms with Crippen LogP contribution in [0.4, 0.5) is 10.7 Å². The second-order valence-electron chi connectivity index (χ2n) is 7.35. The van der Waals surface area contributed by atoms with Gasteiger partial charge in [0.1, 0.15) is 5.00 Å². The van der Waals surface area contributed by atoms with E-state index in [0.717, 1.165) is 29.7 Å². The highest BCUT2D eigenvalue weighted by Gasteiger charge is 2.30. The molecule has 1 heterocycles. The normalized spacial score (nSPS) is 15.5. The maximum absolute atomic E-state index is 12.9. The van der Waals surface area contributed by atoms with E-state index in [9.17, 15) is 19.7 Å². The zero-order valence-corrected chi connectivity index (χ0v) is 17.6. The third-order valence-corrected chi connectivity index (χ3v) is 6.30. The van der Waals surface area contributed by atoms with Crippen molar-refractivity contribution in [2.45, 2.75) is 46.5 Å². The molecule has 154 valence electrons. The fourth-order valence-electron chi connectivity index (χ4n) is 3.56. The summed E-state index contributed by atoms with van der Waals surface area (Å²) in [7, 11) is 0. The van der Waals surface area contributed by atoms with Gasteiger partial charge in [0.2, 0.25) is 0 Å². The molecule has 8 heteroatoms. The molecule has 7 nitrogen and oxygen atoms in total. The first-order valence-electron chi connectivity index (χ1n) is 9.70. The van der Waals surface area contributed by atoms with Crippen molar-refractivity contribution >= 4 is 33.9 Å². The Morgan fingerprint density at radius 3 is 2.83 bits per heavy atom. The van der Waals surface area contributed by atoms with E-state index in [4.69, 9.17) is 4.74 Å². The number of nitrogens with one attached hydrogen (secondary N) is 1. The summed E-state index contributed by atoms with van der Waals surface area (Å²) in [5.74, 6) is -0.379. The molecule has 2 aromatic rings. The van der Waals surface area contributed by atoms with E-state index in [1.165, 1.54) is 23.5 Å². The van der Waals surface area contributed by atoms with Crippen molar-refractivity contribution < 1.29 is 19.2 Å². The minimum Gasteiger partial charge on any atom is -0.462 e. The van der Waals surface area contributed by atoms with Gasteiger partial charge in [-0.15, -0.1) is 11.3 Å². The van der Waals surface area contributed by atoms with Crippen LogP contribution in [0.1, 0.15) is 63.4 Å². The van der Waals surface area contributed by atoms with Crippen LogP contribution in [-0.2, 0) is 17.6 Å². The van der Waals surface area contributed by atoms with Crippen molar-refractivity contribution in [2.75, 3.05) is 11.9 Å². The van der Waals surface area contributed by atoms with Crippen LogP contribution in [0, 0.1) is 23.0 Å². The lowest BCUT2D eigenvalue weighted by Crippen LogP contribution is -2.17. The van der Waals surface area contributed by atoms with Crippen LogP contribution in [0.15, 0.2) is 18.2 Å². The zero-order chi connectivity index (χ0) is 21.1. The van der Waals surface area contributed by atoms with Gasteiger partial charge in [0, 0.05) is 22.1 Å². The topological polar surface area (TPSA) is 98.5 Å². The molecule has 1 amide bonds. The maximum Gasteiger partial charge on any atom is 0.341 e. The van der Waals surface area contributed by atoms with Gasteiger partial charge in [0.15, 0.2) is 0 Å². The molecule has 1 aromatic heterocycles. The molecular formula is C21H24N2O5S. The highest BCUT2D eigenvalue weighted by molar-refractivity contribution is 7.17. The van der Waals surface area contributed by atoms with Crippen LogP contribution in [0.2, 0.25) is 0 Å². The molecule has 0 aliphatic heterocycles. The minimum atomic E-state index is -0.509. The van der Waals surface area contributed by atoms with E-state index in [1.54, 1.807) is 13.0 Å². The molecule has 1 aliphatic rings. The Kier molecular flexibility index (Phi) is 6.32. The number of nitro groups is 1. The average Bonchev–Trinajstić information content (AvgIpc) is 3.02. The summed E-state index contributed by atoms with van der Waals surface area (Å²) in [5.41, 5.74) is 1.79. The van der Waals surface area contributed by atoms with Gasteiger partial charge in [-0.3, -0.25) is 14.9 Å². The Morgan fingerprint density at radius 1 is 1.38 bits per heavy atom. The molecule has 1 N–H and O–H groups in total. The quantitative estimate of drug-likeness (QED) is 0.410. The van der Waals surface area contributed by atoms with Gasteiger partial charge in [0.05, 0.1) is 17.1 Å². The summed E-state index contributed by atoms with van der Waals surface area (Å²) in [6, 6.07) is 4.39. The number of nitrogens with zero attached hydrogens (tertiary/aromatic N) is 1. The van der Waals surface area contributed by atoms with E-state index in [1.807, 2.05) is 6.92 Å². The van der Waals surface area contributed by atoms with Crippen molar-refractivity contribution in [3.8, 4) is 0 Å². The molecule has 1 aliphatic carbocycles. The molecule has 0 bridgehead atoms. The molecule has 29 heavy (non-hydrogen) atoms. The van der Waals surface area contributed by atoms with Crippen molar-refractivity contribution in [3.05, 3.63) is 55.4 Å². The van der Waals surface area contributed by atoms with E-state index < -0.39 is 16.8 Å². The molecule has 0 radical (unpaired) electrons. The number of benzene rings is 1. The van der Waals surface area contributed by atoms with Crippen molar-refractivity contribution in [2.24, 2.45) is 5.92 Å². The fraction of sp³-hybridized carbons (Fsp3) is 0.429. The smallest absolute Gasteiger partial charge is 0.341 e. The van der Waals surface area contributed by atoms with Crippen LogP contribution >= 0.6 is 11.3 Å². The summed E-state index contributed by atoms with van der Waals surface area (Å²) in [5, 5.41) is 14.5. The predicted molar refractivity (Wildman–Crippen MR) is 112 cm³/mol. The Hall–Kier alpha value is -2.74. The Morgan fingerprint density at radius 2 is 2.14 bits per heavy atom. The van der Waals surface area contributed by atoms with Gasteiger partial charge in [-0.25, -0.2) is 4.79 Å². The number of thiophene rings is 1. The third-order valence-electron chi connectivity index (χ3n) is 5.13. The van der Waals surface area contributed by atoms with Gasteiger partial charge < -0.3 is 10.1 Å². The number of fused-ring (bicyclic) bond motifs is 1. The Bertz CT molecular complexity index is 966. The molecule has 3 rings (SSSR count). The van der Waals surface area contributed by atoms with Gasteiger partial charge >= 0.3 is 5.97 Å². The van der Waals surface area contributed by atoms with Crippen molar-refractivity contribution in [1.29, 1.82) is 0 Å². The predicted octanol–water partition coefficient (Wildman–Crippen LogP) is 4.91. The molecule has 0 spiro atoms. The second-order valence-corrected chi connectivity index (χ2v) is 8.46. The Balaban J connectivity index is 1.96. The molecule has 0 unspecified atom stereocenters. The number of carbonyl (C=O) groups excluding carboxylic acids is 2. The average molecular weight is 416 g/mol. The van der Waals surface area contributed by atoms with Crippen LogP contribution in [0.25, 0.3) is 0 Å². The lowest BCUT2D eigenvalue weighted by molar-refractivity contribution is -0.385. The van der Waals surface area contributed by atoms with E-state index in [2.05, 4.69) is 12.2 Å². The number of rotatable bonds is 6. The number of carbonyl (C=O) groups is 2. The molecule has 1 atom stereocenters. The summed E-state index contributed by atoms with van der Waals surface area (Å²) >= 11 is 1.40. The SMILES string of the molecule is CCCOC(=O)c1c(NC(=O)c2cccc([N+](=O)[O-])c2C)sc2c1CC[C@H](C)C2. The number of nitro benzene ring substituents is 1. The molecule has 0 fully saturated rings. The van der Waals surface area contributed by atoms with Crippen molar-refractivity contribution in [1.82, 2.24) is 0 Å². The molecule has 0 saturated carbocycles. The van der Waals surface area contributed by atoms with Crippen LogP contribution in [0.3, 0.4) is 0 Å². The fourth-order valence-corrected chi connectivity index (χ4v) is 4.95. The number of hydrogen-bond donors (Lipinski definition) is 1. The second kappa shape index (κ2) is 8.73. The first kappa shape index (κ1) is 21.0. The summed E-state index contributed by atoms with van der Waals surface area (Å²) in [6.07, 6.45) is 3.33. The Labute approximate surface area is 173 Å². The monoisotopic (exact) mass is 416 g/mol.